The minimum absolute atomic E-state index is 0.121. The maximum atomic E-state index is 12.8. The van der Waals surface area contributed by atoms with Crippen LogP contribution in [0.3, 0.4) is 0 Å². The average molecular weight is 332 g/mol. The minimum Gasteiger partial charge on any atom is -0.390 e. The number of aromatic nitrogens is 3. The van der Waals surface area contributed by atoms with Gasteiger partial charge < -0.3 is 19.8 Å². The number of aliphatic hydroxyl groups is 2. The van der Waals surface area contributed by atoms with Gasteiger partial charge in [-0.15, -0.1) is 0 Å². The molecule has 4 rings (SSSR count). The molecular weight excluding hydrogens is 312 g/mol. The number of amides is 1. The monoisotopic (exact) mass is 332 g/mol. The van der Waals surface area contributed by atoms with Crippen LogP contribution in [0, 0.1) is 0 Å². The summed E-state index contributed by atoms with van der Waals surface area (Å²) < 4.78 is 7.37. The Kier molecular flexibility index (Phi) is 3.75. The molecule has 2 aromatic heterocycles. The van der Waals surface area contributed by atoms with E-state index in [2.05, 4.69) is 10.1 Å². The van der Waals surface area contributed by atoms with Gasteiger partial charge in [-0.1, -0.05) is 0 Å². The lowest BCUT2D eigenvalue weighted by Crippen LogP contribution is -2.60. The molecule has 2 aromatic rings. The summed E-state index contributed by atoms with van der Waals surface area (Å²) in [6.07, 6.45) is 4.70. The molecule has 2 atom stereocenters. The van der Waals surface area contributed by atoms with Crippen LogP contribution in [0.5, 0.6) is 0 Å². The number of fused-ring (bicyclic) bond motifs is 1. The minimum atomic E-state index is -0.901. The van der Waals surface area contributed by atoms with Gasteiger partial charge in [-0.2, -0.15) is 5.10 Å². The van der Waals surface area contributed by atoms with E-state index in [1.54, 1.807) is 27.9 Å². The van der Waals surface area contributed by atoms with Crippen molar-refractivity contribution in [3.05, 3.63) is 30.2 Å². The van der Waals surface area contributed by atoms with E-state index in [-0.39, 0.29) is 5.91 Å². The van der Waals surface area contributed by atoms with Crippen LogP contribution in [0.15, 0.2) is 24.7 Å². The molecule has 0 bridgehead atoms. The van der Waals surface area contributed by atoms with Crippen molar-refractivity contribution in [1.82, 2.24) is 19.5 Å². The van der Waals surface area contributed by atoms with Gasteiger partial charge in [-0.05, 0) is 25.3 Å². The molecule has 2 fully saturated rings. The van der Waals surface area contributed by atoms with E-state index >= 15 is 0 Å². The number of rotatable bonds is 1. The second-order valence-electron chi connectivity index (χ2n) is 6.45. The highest BCUT2D eigenvalue weighted by atomic mass is 16.5. The number of nitrogens with zero attached hydrogens (tertiary/aromatic N) is 4. The quantitative estimate of drug-likeness (QED) is 0.753. The van der Waals surface area contributed by atoms with Crippen molar-refractivity contribution in [2.45, 2.75) is 37.1 Å². The van der Waals surface area contributed by atoms with Crippen molar-refractivity contribution in [2.24, 2.45) is 0 Å². The number of hydrogen-bond acceptors (Lipinski definition) is 6. The SMILES string of the molecule is O=C(c1cnn2cccnc12)N1CCC2(CC1)OCC[C@H](O)[C@@H]2O. The number of carbonyl (C=O) groups is 1. The van der Waals surface area contributed by atoms with E-state index in [9.17, 15) is 15.0 Å². The number of aliphatic hydroxyl groups excluding tert-OH is 2. The molecule has 2 aliphatic rings. The molecule has 4 heterocycles. The van der Waals surface area contributed by atoms with Gasteiger partial charge in [0.1, 0.15) is 11.7 Å². The third kappa shape index (κ3) is 2.38. The third-order valence-electron chi connectivity index (χ3n) is 5.11. The molecule has 0 unspecified atom stereocenters. The van der Waals surface area contributed by atoms with Crippen LogP contribution in [-0.4, -0.2) is 73.1 Å². The maximum Gasteiger partial charge on any atom is 0.259 e. The van der Waals surface area contributed by atoms with E-state index in [4.69, 9.17) is 4.74 Å². The van der Waals surface area contributed by atoms with Crippen molar-refractivity contribution >= 4 is 11.6 Å². The maximum absolute atomic E-state index is 12.8. The van der Waals surface area contributed by atoms with Gasteiger partial charge in [0.05, 0.1) is 24.5 Å². The first-order chi connectivity index (χ1) is 11.6. The second-order valence-corrected chi connectivity index (χ2v) is 6.45. The van der Waals surface area contributed by atoms with Gasteiger partial charge in [0.25, 0.3) is 5.91 Å². The molecule has 0 aliphatic carbocycles. The molecule has 8 nitrogen and oxygen atoms in total. The molecule has 24 heavy (non-hydrogen) atoms. The summed E-state index contributed by atoms with van der Waals surface area (Å²) in [6.45, 7) is 1.36. The van der Waals surface area contributed by atoms with Crippen LogP contribution in [0.4, 0.5) is 0 Å². The summed E-state index contributed by atoms with van der Waals surface area (Å²) in [6, 6.07) is 1.76. The Bertz CT molecular complexity index is 753. The molecule has 2 N–H and O–H groups in total. The number of hydrogen-bond donors (Lipinski definition) is 2. The Morgan fingerprint density at radius 1 is 1.33 bits per heavy atom. The Labute approximate surface area is 138 Å². The van der Waals surface area contributed by atoms with E-state index in [0.29, 0.717) is 50.2 Å². The van der Waals surface area contributed by atoms with Crippen LogP contribution < -0.4 is 0 Å². The van der Waals surface area contributed by atoms with Crippen molar-refractivity contribution < 1.29 is 19.7 Å². The number of piperidine rings is 1. The largest absolute Gasteiger partial charge is 0.390 e. The fourth-order valence-corrected chi connectivity index (χ4v) is 3.65. The summed E-state index contributed by atoms with van der Waals surface area (Å²) in [5, 5.41) is 24.4. The standard InChI is InChI=1S/C16H20N4O4/c21-12-2-9-24-16(13(12)22)3-7-19(8-4-16)15(23)11-10-18-20-6-1-5-17-14(11)20/h1,5-6,10,12-13,21-22H,2-4,7-9H2/t12-,13-/m0/s1. The average Bonchev–Trinajstić information content (AvgIpc) is 3.04. The number of carbonyl (C=O) groups excluding carboxylic acids is 1. The molecule has 1 amide bonds. The third-order valence-corrected chi connectivity index (χ3v) is 5.11. The zero-order valence-corrected chi connectivity index (χ0v) is 13.2. The van der Waals surface area contributed by atoms with Crippen molar-refractivity contribution in [2.75, 3.05) is 19.7 Å². The Balaban J connectivity index is 1.50. The number of ether oxygens (including phenoxy) is 1. The summed E-state index contributed by atoms with van der Waals surface area (Å²) in [5.41, 5.74) is 0.261. The summed E-state index contributed by atoms with van der Waals surface area (Å²) >= 11 is 0. The highest BCUT2D eigenvalue weighted by Crippen LogP contribution is 2.35. The second kappa shape index (κ2) is 5.80. The Morgan fingerprint density at radius 3 is 2.92 bits per heavy atom. The lowest BCUT2D eigenvalue weighted by Gasteiger charge is -2.48. The van der Waals surface area contributed by atoms with Crippen molar-refractivity contribution in [1.29, 1.82) is 0 Å². The van der Waals surface area contributed by atoms with Crippen LogP contribution in [0.1, 0.15) is 29.6 Å². The highest BCUT2D eigenvalue weighted by Gasteiger charge is 2.48. The zero-order chi connectivity index (χ0) is 16.7. The molecule has 1 spiro atoms. The van der Waals surface area contributed by atoms with E-state index in [1.165, 1.54) is 6.20 Å². The van der Waals surface area contributed by atoms with Crippen LogP contribution in [-0.2, 0) is 4.74 Å². The van der Waals surface area contributed by atoms with E-state index in [1.807, 2.05) is 0 Å². The molecule has 2 saturated heterocycles. The molecule has 128 valence electrons. The van der Waals surface area contributed by atoms with Gasteiger partial charge in [-0.3, -0.25) is 4.79 Å². The van der Waals surface area contributed by atoms with Crippen LogP contribution in [0.25, 0.3) is 5.65 Å². The molecule has 0 aromatic carbocycles. The molecule has 2 aliphatic heterocycles. The molecular formula is C16H20N4O4. The Morgan fingerprint density at radius 2 is 2.12 bits per heavy atom. The van der Waals surface area contributed by atoms with Gasteiger partial charge in [0.2, 0.25) is 0 Å². The van der Waals surface area contributed by atoms with Gasteiger partial charge >= 0.3 is 0 Å². The molecule has 0 radical (unpaired) electrons. The molecule has 8 heteroatoms. The van der Waals surface area contributed by atoms with Crippen LogP contribution >= 0.6 is 0 Å². The first-order valence-electron chi connectivity index (χ1n) is 8.18. The first-order valence-corrected chi connectivity index (χ1v) is 8.18. The van der Waals surface area contributed by atoms with Gasteiger partial charge in [-0.25, -0.2) is 9.50 Å². The lowest BCUT2D eigenvalue weighted by atomic mass is 9.80. The molecule has 0 saturated carbocycles. The van der Waals surface area contributed by atoms with E-state index in [0.717, 1.165) is 0 Å². The Hall–Kier alpha value is -2.03. The summed E-state index contributed by atoms with van der Waals surface area (Å²) in [4.78, 5) is 18.7. The van der Waals surface area contributed by atoms with Crippen LogP contribution in [0.2, 0.25) is 0 Å². The fraction of sp³-hybridized carbons (Fsp3) is 0.562. The summed E-state index contributed by atoms with van der Waals surface area (Å²) in [7, 11) is 0. The first kappa shape index (κ1) is 15.5. The predicted molar refractivity (Wildman–Crippen MR) is 83.4 cm³/mol. The van der Waals surface area contributed by atoms with Crippen molar-refractivity contribution in [3.63, 3.8) is 0 Å². The van der Waals surface area contributed by atoms with Crippen molar-refractivity contribution in [3.8, 4) is 0 Å². The fourth-order valence-electron chi connectivity index (χ4n) is 3.65. The van der Waals surface area contributed by atoms with Gasteiger partial charge in [0, 0.05) is 25.5 Å². The van der Waals surface area contributed by atoms with E-state index < -0.39 is 17.8 Å². The predicted octanol–water partition coefficient (Wildman–Crippen LogP) is -0.154. The van der Waals surface area contributed by atoms with Gasteiger partial charge in [0.15, 0.2) is 5.65 Å². The number of likely N-dealkylation sites (tertiary alicyclic amines) is 1. The summed E-state index contributed by atoms with van der Waals surface area (Å²) in [5.74, 6) is -0.121. The smallest absolute Gasteiger partial charge is 0.259 e. The highest BCUT2D eigenvalue weighted by molar-refractivity contribution is 5.99. The topological polar surface area (TPSA) is 100 Å². The lowest BCUT2D eigenvalue weighted by molar-refractivity contribution is -0.212. The zero-order valence-electron chi connectivity index (χ0n) is 13.2. The normalized spacial score (nSPS) is 26.8.